The summed E-state index contributed by atoms with van der Waals surface area (Å²) in [6.07, 6.45) is 2.97. The normalized spacial score (nSPS) is 15.9. The van der Waals surface area contributed by atoms with Gasteiger partial charge in [-0.05, 0) is 40.7 Å². The van der Waals surface area contributed by atoms with Gasteiger partial charge in [0.25, 0.3) is 0 Å². The molecule has 1 rings (SSSR count). The first-order chi connectivity index (χ1) is 7.77. The Bertz CT molecular complexity index is 346. The van der Waals surface area contributed by atoms with Crippen LogP contribution in [0, 0.1) is 11.3 Å². The standard InChI is InChI=1S/C13H24BrN3/c1-9(13(2,3)4)7-11(15-5)12-10(14)8-16-17(12)6/h8-9,11,15H,7H2,1-6H3. The SMILES string of the molecule is CNC(CC(C)C(C)(C)C)c1c(Br)cnn1C. The molecule has 17 heavy (non-hydrogen) atoms. The van der Waals surface area contributed by atoms with Crippen LogP contribution in [0.1, 0.15) is 45.9 Å². The van der Waals surface area contributed by atoms with E-state index in [9.17, 15) is 0 Å². The molecule has 0 aliphatic rings. The van der Waals surface area contributed by atoms with Crippen LogP contribution in [0.3, 0.4) is 0 Å². The van der Waals surface area contributed by atoms with Crippen LogP contribution in [0.5, 0.6) is 0 Å². The Hall–Kier alpha value is -0.350. The van der Waals surface area contributed by atoms with Crippen molar-refractivity contribution in [2.75, 3.05) is 7.05 Å². The van der Waals surface area contributed by atoms with E-state index in [0.29, 0.717) is 17.4 Å². The third-order valence-electron chi connectivity index (χ3n) is 3.68. The van der Waals surface area contributed by atoms with Crippen molar-refractivity contribution in [2.45, 2.75) is 40.2 Å². The van der Waals surface area contributed by atoms with Gasteiger partial charge < -0.3 is 5.32 Å². The number of hydrogen-bond donors (Lipinski definition) is 1. The molecule has 2 unspecified atom stereocenters. The Morgan fingerprint density at radius 1 is 1.47 bits per heavy atom. The number of aromatic nitrogens is 2. The van der Waals surface area contributed by atoms with Crippen LogP contribution in [-0.2, 0) is 7.05 Å². The highest BCUT2D eigenvalue weighted by Crippen LogP contribution is 2.34. The minimum atomic E-state index is 0.334. The largest absolute Gasteiger partial charge is 0.312 e. The van der Waals surface area contributed by atoms with Crippen molar-refractivity contribution in [3.63, 3.8) is 0 Å². The topological polar surface area (TPSA) is 29.9 Å². The lowest BCUT2D eigenvalue weighted by molar-refractivity contribution is 0.223. The number of halogens is 1. The summed E-state index contributed by atoms with van der Waals surface area (Å²) in [5.74, 6) is 0.641. The summed E-state index contributed by atoms with van der Waals surface area (Å²) in [6.45, 7) is 9.20. The highest BCUT2D eigenvalue weighted by Gasteiger charge is 2.26. The minimum Gasteiger partial charge on any atom is -0.312 e. The molecule has 1 heterocycles. The highest BCUT2D eigenvalue weighted by molar-refractivity contribution is 9.10. The summed E-state index contributed by atoms with van der Waals surface area (Å²) >= 11 is 3.58. The van der Waals surface area contributed by atoms with Crippen molar-refractivity contribution >= 4 is 15.9 Å². The summed E-state index contributed by atoms with van der Waals surface area (Å²) in [5, 5.41) is 7.68. The first kappa shape index (κ1) is 14.7. The summed E-state index contributed by atoms with van der Waals surface area (Å²) in [7, 11) is 4.01. The second kappa shape index (κ2) is 5.53. The molecule has 0 saturated carbocycles. The van der Waals surface area contributed by atoms with E-state index in [1.165, 1.54) is 5.69 Å². The first-order valence-electron chi connectivity index (χ1n) is 6.12. The van der Waals surface area contributed by atoms with E-state index in [4.69, 9.17) is 0 Å². The molecule has 0 aromatic carbocycles. The van der Waals surface area contributed by atoms with Gasteiger partial charge >= 0.3 is 0 Å². The molecule has 0 radical (unpaired) electrons. The maximum Gasteiger partial charge on any atom is 0.0692 e. The van der Waals surface area contributed by atoms with E-state index in [1.807, 2.05) is 25.0 Å². The van der Waals surface area contributed by atoms with Crippen LogP contribution in [0.2, 0.25) is 0 Å². The molecule has 0 aliphatic heterocycles. The van der Waals surface area contributed by atoms with Gasteiger partial charge in [-0.25, -0.2) is 0 Å². The molecule has 3 nitrogen and oxygen atoms in total. The molecule has 0 amide bonds. The Balaban J connectivity index is 2.87. The monoisotopic (exact) mass is 301 g/mol. The molecule has 0 bridgehead atoms. The molecule has 4 heteroatoms. The fraction of sp³-hybridized carbons (Fsp3) is 0.769. The van der Waals surface area contributed by atoms with Crippen LogP contribution in [0.4, 0.5) is 0 Å². The predicted octanol–water partition coefficient (Wildman–Crippen LogP) is 3.52. The van der Waals surface area contributed by atoms with E-state index in [2.05, 4.69) is 54.0 Å². The molecular weight excluding hydrogens is 278 g/mol. The maximum absolute atomic E-state index is 4.28. The van der Waals surface area contributed by atoms with Crippen molar-refractivity contribution in [2.24, 2.45) is 18.4 Å². The number of nitrogens with zero attached hydrogens (tertiary/aromatic N) is 2. The van der Waals surface area contributed by atoms with Gasteiger partial charge in [-0.15, -0.1) is 0 Å². The van der Waals surface area contributed by atoms with Crippen LogP contribution in [0.25, 0.3) is 0 Å². The summed E-state index contributed by atoms with van der Waals surface area (Å²) < 4.78 is 3.03. The van der Waals surface area contributed by atoms with E-state index < -0.39 is 0 Å². The van der Waals surface area contributed by atoms with Gasteiger partial charge in [-0.3, -0.25) is 4.68 Å². The zero-order valence-corrected chi connectivity index (χ0v) is 13.3. The van der Waals surface area contributed by atoms with Crippen LogP contribution in [-0.4, -0.2) is 16.8 Å². The van der Waals surface area contributed by atoms with Gasteiger partial charge in [0.1, 0.15) is 0 Å². The smallest absolute Gasteiger partial charge is 0.0692 e. The maximum atomic E-state index is 4.28. The van der Waals surface area contributed by atoms with Gasteiger partial charge in [0.15, 0.2) is 0 Å². The van der Waals surface area contributed by atoms with E-state index >= 15 is 0 Å². The fourth-order valence-electron chi connectivity index (χ4n) is 1.89. The number of aryl methyl sites for hydroxylation is 1. The second-order valence-electron chi connectivity index (χ2n) is 5.85. The van der Waals surface area contributed by atoms with Gasteiger partial charge in [0, 0.05) is 7.05 Å². The molecule has 1 aromatic rings. The Morgan fingerprint density at radius 3 is 2.41 bits per heavy atom. The lowest BCUT2D eigenvalue weighted by Gasteiger charge is -2.31. The van der Waals surface area contributed by atoms with E-state index in [0.717, 1.165) is 10.9 Å². The van der Waals surface area contributed by atoms with Gasteiger partial charge in [-0.2, -0.15) is 5.10 Å². The highest BCUT2D eigenvalue weighted by atomic mass is 79.9. The summed E-state index contributed by atoms with van der Waals surface area (Å²) in [6, 6.07) is 0.339. The molecule has 1 aromatic heterocycles. The van der Waals surface area contributed by atoms with Gasteiger partial charge in [0.05, 0.1) is 22.4 Å². The van der Waals surface area contributed by atoms with Crippen molar-refractivity contribution < 1.29 is 0 Å². The van der Waals surface area contributed by atoms with Crippen molar-refractivity contribution in [3.05, 3.63) is 16.4 Å². The van der Waals surface area contributed by atoms with Crippen LogP contribution >= 0.6 is 15.9 Å². The molecule has 0 saturated heterocycles. The average Bonchev–Trinajstić information content (AvgIpc) is 2.54. The van der Waals surface area contributed by atoms with Crippen LogP contribution < -0.4 is 5.32 Å². The lowest BCUT2D eigenvalue weighted by atomic mass is 9.78. The minimum absolute atomic E-state index is 0.334. The van der Waals surface area contributed by atoms with E-state index in [1.54, 1.807) is 0 Å². The molecule has 1 N–H and O–H groups in total. The Kier molecular flexibility index (Phi) is 4.78. The number of nitrogens with one attached hydrogen (secondary N) is 1. The number of rotatable bonds is 4. The Labute approximate surface area is 113 Å². The van der Waals surface area contributed by atoms with Crippen molar-refractivity contribution in [3.8, 4) is 0 Å². The quantitative estimate of drug-likeness (QED) is 0.922. The zero-order valence-electron chi connectivity index (χ0n) is 11.7. The molecule has 0 fully saturated rings. The third kappa shape index (κ3) is 3.55. The van der Waals surface area contributed by atoms with Gasteiger partial charge in [-0.1, -0.05) is 27.7 Å². The molecule has 98 valence electrons. The van der Waals surface area contributed by atoms with Crippen molar-refractivity contribution in [1.82, 2.24) is 15.1 Å². The van der Waals surface area contributed by atoms with Gasteiger partial charge in [0.2, 0.25) is 0 Å². The second-order valence-corrected chi connectivity index (χ2v) is 6.70. The molecule has 0 spiro atoms. The molecule has 2 atom stereocenters. The first-order valence-corrected chi connectivity index (χ1v) is 6.91. The van der Waals surface area contributed by atoms with Crippen molar-refractivity contribution in [1.29, 1.82) is 0 Å². The summed E-state index contributed by atoms with van der Waals surface area (Å²) in [4.78, 5) is 0. The average molecular weight is 302 g/mol. The van der Waals surface area contributed by atoms with Crippen LogP contribution in [0.15, 0.2) is 10.7 Å². The third-order valence-corrected chi connectivity index (χ3v) is 4.29. The fourth-order valence-corrected chi connectivity index (χ4v) is 2.51. The zero-order chi connectivity index (χ0) is 13.2. The predicted molar refractivity (Wildman–Crippen MR) is 75.9 cm³/mol. The Morgan fingerprint density at radius 2 is 2.06 bits per heavy atom. The summed E-state index contributed by atoms with van der Waals surface area (Å²) in [5.41, 5.74) is 1.56. The lowest BCUT2D eigenvalue weighted by Crippen LogP contribution is -2.27. The van der Waals surface area contributed by atoms with E-state index in [-0.39, 0.29) is 0 Å². The molecular formula is C13H24BrN3. The molecule has 0 aliphatic carbocycles. The number of hydrogen-bond acceptors (Lipinski definition) is 2.